The van der Waals surface area contributed by atoms with E-state index in [1.54, 1.807) is 12.1 Å². The third kappa shape index (κ3) is 5.45. The average molecular weight is 413 g/mol. The number of benzene rings is 1. The topological polar surface area (TPSA) is 105 Å². The number of carbonyl (C=O) groups excluding carboxylic acids is 2. The Morgan fingerprint density at radius 2 is 1.88 bits per heavy atom. The lowest BCUT2D eigenvalue weighted by molar-refractivity contribution is -0.149. The fourth-order valence-corrected chi connectivity index (χ4v) is 3.10. The van der Waals surface area contributed by atoms with E-state index in [2.05, 4.69) is 26.8 Å². The Kier molecular flexibility index (Phi) is 6.81. The first-order valence-corrected chi connectivity index (χ1v) is 8.88. The van der Waals surface area contributed by atoms with E-state index in [4.69, 9.17) is 4.74 Å². The standard InChI is InChI=1S/C17H21BrN2O5/c1-10-8-11(6-7-14(10)18)25-9-15(21)19-20-16(22)12-4-2-3-5-13(12)17(23)24/h6-8,12-13H,2-5,9H2,1H3,(H,19,21)(H,20,22)(H,23,24)/t12-,13+/m0/s1. The fraction of sp³-hybridized carbons (Fsp3) is 0.471. The molecule has 1 fully saturated rings. The Morgan fingerprint density at radius 3 is 2.52 bits per heavy atom. The zero-order valence-corrected chi connectivity index (χ0v) is 15.5. The molecule has 0 unspecified atom stereocenters. The Hall–Kier alpha value is -2.09. The highest BCUT2D eigenvalue weighted by molar-refractivity contribution is 9.10. The molecule has 8 heteroatoms. The van der Waals surface area contributed by atoms with E-state index in [-0.39, 0.29) is 6.61 Å². The quantitative estimate of drug-likeness (QED) is 0.642. The highest BCUT2D eigenvalue weighted by Crippen LogP contribution is 2.30. The molecule has 1 aliphatic carbocycles. The van der Waals surface area contributed by atoms with Gasteiger partial charge in [0.25, 0.3) is 5.91 Å². The summed E-state index contributed by atoms with van der Waals surface area (Å²) in [7, 11) is 0. The third-order valence-corrected chi connectivity index (χ3v) is 5.13. The predicted molar refractivity (Wildman–Crippen MR) is 93.7 cm³/mol. The predicted octanol–water partition coefficient (Wildman–Crippen LogP) is 2.17. The second-order valence-corrected chi connectivity index (χ2v) is 6.93. The molecule has 7 nitrogen and oxygen atoms in total. The minimum atomic E-state index is -0.972. The lowest BCUT2D eigenvalue weighted by Gasteiger charge is -2.27. The number of rotatable bonds is 5. The second kappa shape index (κ2) is 8.84. The lowest BCUT2D eigenvalue weighted by Crippen LogP contribution is -2.49. The van der Waals surface area contributed by atoms with Crippen LogP contribution in [0.5, 0.6) is 5.75 Å². The van der Waals surface area contributed by atoms with Crippen molar-refractivity contribution in [2.45, 2.75) is 32.6 Å². The van der Waals surface area contributed by atoms with E-state index in [9.17, 15) is 19.5 Å². The van der Waals surface area contributed by atoms with Gasteiger partial charge in [-0.25, -0.2) is 0 Å². The number of hydrogen-bond acceptors (Lipinski definition) is 4. The molecule has 2 amide bonds. The molecule has 1 aromatic carbocycles. The molecule has 1 saturated carbocycles. The summed E-state index contributed by atoms with van der Waals surface area (Å²) in [5, 5.41) is 9.20. The van der Waals surface area contributed by atoms with Crippen molar-refractivity contribution < 1.29 is 24.2 Å². The molecule has 0 heterocycles. The smallest absolute Gasteiger partial charge is 0.307 e. The first-order valence-electron chi connectivity index (χ1n) is 8.09. The Balaban J connectivity index is 1.79. The molecule has 0 spiro atoms. The molecule has 3 N–H and O–H groups in total. The van der Waals surface area contributed by atoms with Gasteiger partial charge < -0.3 is 9.84 Å². The molecule has 2 rings (SSSR count). The second-order valence-electron chi connectivity index (χ2n) is 6.07. The number of hydrogen-bond donors (Lipinski definition) is 3. The molecular weight excluding hydrogens is 392 g/mol. The van der Waals surface area contributed by atoms with Gasteiger partial charge in [-0.05, 0) is 43.5 Å². The van der Waals surface area contributed by atoms with Crippen molar-refractivity contribution >= 4 is 33.7 Å². The summed E-state index contributed by atoms with van der Waals surface area (Å²) in [6, 6.07) is 5.33. The Labute approximate surface area is 154 Å². The number of hydrazine groups is 1. The SMILES string of the molecule is Cc1cc(OCC(=O)NNC(=O)[C@H]2CCCC[C@H]2C(=O)O)ccc1Br. The highest BCUT2D eigenvalue weighted by Gasteiger charge is 2.35. The van der Waals surface area contributed by atoms with Gasteiger partial charge in [0.2, 0.25) is 5.91 Å². The normalized spacial score (nSPS) is 19.8. The summed E-state index contributed by atoms with van der Waals surface area (Å²) in [5.41, 5.74) is 5.55. The van der Waals surface area contributed by atoms with Gasteiger partial charge in [0, 0.05) is 4.47 Å². The van der Waals surface area contributed by atoms with Crippen molar-refractivity contribution in [1.82, 2.24) is 10.9 Å². The van der Waals surface area contributed by atoms with E-state index in [1.807, 2.05) is 13.0 Å². The summed E-state index contributed by atoms with van der Waals surface area (Å²) in [4.78, 5) is 35.2. The van der Waals surface area contributed by atoms with Crippen LogP contribution < -0.4 is 15.6 Å². The van der Waals surface area contributed by atoms with E-state index in [1.165, 1.54) is 0 Å². The van der Waals surface area contributed by atoms with Crippen molar-refractivity contribution in [3.8, 4) is 5.75 Å². The van der Waals surface area contributed by atoms with Crippen LogP contribution in [0.15, 0.2) is 22.7 Å². The van der Waals surface area contributed by atoms with Crippen molar-refractivity contribution in [2.75, 3.05) is 6.61 Å². The molecule has 1 aliphatic rings. The molecule has 25 heavy (non-hydrogen) atoms. The first-order chi connectivity index (χ1) is 11.9. The zero-order chi connectivity index (χ0) is 18.4. The van der Waals surface area contributed by atoms with Crippen LogP contribution in [0.25, 0.3) is 0 Å². The maximum absolute atomic E-state index is 12.1. The van der Waals surface area contributed by atoms with Gasteiger partial charge >= 0.3 is 5.97 Å². The number of carboxylic acid groups (broad SMARTS) is 1. The van der Waals surface area contributed by atoms with Crippen molar-refractivity contribution in [2.24, 2.45) is 11.8 Å². The van der Waals surface area contributed by atoms with Gasteiger partial charge in [0.1, 0.15) is 5.75 Å². The number of ether oxygens (including phenoxy) is 1. The highest BCUT2D eigenvalue weighted by atomic mass is 79.9. The Bertz CT molecular complexity index is 664. The minimum Gasteiger partial charge on any atom is -0.484 e. The molecule has 0 radical (unpaired) electrons. The number of nitrogens with one attached hydrogen (secondary N) is 2. The number of aryl methyl sites for hydroxylation is 1. The van der Waals surface area contributed by atoms with Crippen LogP contribution in [0.2, 0.25) is 0 Å². The number of carbonyl (C=O) groups is 3. The maximum atomic E-state index is 12.1. The number of aliphatic carboxylic acids is 1. The average Bonchev–Trinajstić information content (AvgIpc) is 2.60. The molecule has 136 valence electrons. The van der Waals surface area contributed by atoms with Crippen molar-refractivity contribution in [3.63, 3.8) is 0 Å². The van der Waals surface area contributed by atoms with Crippen LogP contribution in [0.1, 0.15) is 31.2 Å². The molecule has 2 atom stereocenters. The summed E-state index contributed by atoms with van der Waals surface area (Å²) < 4.78 is 6.30. The van der Waals surface area contributed by atoms with Gasteiger partial charge in [-0.1, -0.05) is 28.8 Å². The van der Waals surface area contributed by atoms with Crippen LogP contribution >= 0.6 is 15.9 Å². The van der Waals surface area contributed by atoms with E-state index >= 15 is 0 Å². The van der Waals surface area contributed by atoms with Crippen molar-refractivity contribution in [3.05, 3.63) is 28.2 Å². The van der Waals surface area contributed by atoms with Crippen molar-refractivity contribution in [1.29, 1.82) is 0 Å². The first kappa shape index (κ1) is 19.2. The number of carboxylic acids is 1. The van der Waals surface area contributed by atoms with Gasteiger partial charge in [-0.15, -0.1) is 0 Å². The minimum absolute atomic E-state index is 0.256. The van der Waals surface area contributed by atoms with Gasteiger partial charge in [-0.3, -0.25) is 25.2 Å². The summed E-state index contributed by atoms with van der Waals surface area (Å²) in [5.74, 6) is -2.74. The van der Waals surface area contributed by atoms with E-state index < -0.39 is 29.6 Å². The van der Waals surface area contributed by atoms with Crippen LogP contribution in [-0.2, 0) is 14.4 Å². The molecule has 0 saturated heterocycles. The van der Waals surface area contributed by atoms with Crippen LogP contribution in [0, 0.1) is 18.8 Å². The van der Waals surface area contributed by atoms with Gasteiger partial charge in [-0.2, -0.15) is 0 Å². The maximum Gasteiger partial charge on any atom is 0.307 e. The van der Waals surface area contributed by atoms with Gasteiger partial charge in [0.15, 0.2) is 6.61 Å². The van der Waals surface area contributed by atoms with Gasteiger partial charge in [0.05, 0.1) is 11.8 Å². The molecule has 0 aliphatic heterocycles. The molecular formula is C17H21BrN2O5. The molecule has 0 aromatic heterocycles. The van der Waals surface area contributed by atoms with Crippen LogP contribution in [0.3, 0.4) is 0 Å². The van der Waals surface area contributed by atoms with E-state index in [0.717, 1.165) is 22.9 Å². The largest absolute Gasteiger partial charge is 0.484 e. The lowest BCUT2D eigenvalue weighted by atomic mass is 9.79. The summed E-state index contributed by atoms with van der Waals surface area (Å²) in [6.07, 6.45) is 2.59. The summed E-state index contributed by atoms with van der Waals surface area (Å²) >= 11 is 3.38. The fourth-order valence-electron chi connectivity index (χ4n) is 2.86. The molecule has 1 aromatic rings. The van der Waals surface area contributed by atoms with Crippen LogP contribution in [0.4, 0.5) is 0 Å². The Morgan fingerprint density at radius 1 is 1.20 bits per heavy atom. The monoisotopic (exact) mass is 412 g/mol. The van der Waals surface area contributed by atoms with Crippen LogP contribution in [-0.4, -0.2) is 29.5 Å². The third-order valence-electron chi connectivity index (χ3n) is 4.24. The molecule has 0 bridgehead atoms. The number of amides is 2. The number of halogens is 1. The summed E-state index contributed by atoms with van der Waals surface area (Å²) in [6.45, 7) is 1.65. The zero-order valence-electron chi connectivity index (χ0n) is 13.9. The van der Waals surface area contributed by atoms with E-state index in [0.29, 0.717) is 18.6 Å².